The van der Waals surface area contributed by atoms with E-state index in [-0.39, 0.29) is 22.5 Å². The molecule has 2 atom stereocenters. The molecule has 2 aromatic rings. The van der Waals surface area contributed by atoms with Gasteiger partial charge in [0.15, 0.2) is 5.78 Å². The molecule has 0 aromatic heterocycles. The van der Waals surface area contributed by atoms with Gasteiger partial charge in [-0.3, -0.25) is 4.79 Å². The highest BCUT2D eigenvalue weighted by molar-refractivity contribution is 7.89. The van der Waals surface area contributed by atoms with Gasteiger partial charge in [0.25, 0.3) is 0 Å². The zero-order chi connectivity index (χ0) is 17.3. The number of ketones is 1. The molecule has 0 radical (unpaired) electrons. The lowest BCUT2D eigenvalue weighted by atomic mass is 9.90. The quantitative estimate of drug-likeness (QED) is 0.800. The highest BCUT2D eigenvalue weighted by atomic mass is 32.2. The molecule has 2 aromatic carbocycles. The fourth-order valence-corrected chi connectivity index (χ4v) is 4.83. The van der Waals surface area contributed by atoms with E-state index >= 15 is 0 Å². The number of hydrogen-bond acceptors (Lipinski definition) is 3. The number of Topliss-reactive ketones (excluding diaryl/α,β-unsaturated/α-hetero) is 1. The average Bonchev–Trinajstić information content (AvgIpc) is 2.98. The Morgan fingerprint density at radius 3 is 2.21 bits per heavy atom. The SMILES string of the molecule is CC(=O)c1ccc(S(=O)(=O)N2CC(C)C(c3ccccc3)C2)cc1. The van der Waals surface area contributed by atoms with Crippen molar-refractivity contribution in [3.05, 3.63) is 65.7 Å². The normalized spacial score (nSPS) is 21.8. The van der Waals surface area contributed by atoms with Gasteiger partial charge in [0, 0.05) is 24.6 Å². The Bertz CT molecular complexity index is 829. The Morgan fingerprint density at radius 2 is 1.62 bits per heavy atom. The standard InChI is InChI=1S/C19H21NO3S/c1-14-12-20(13-19(14)17-6-4-3-5-7-17)24(22,23)18-10-8-16(9-11-18)15(2)21/h3-11,14,19H,12-13H2,1-2H3. The maximum Gasteiger partial charge on any atom is 0.243 e. The predicted molar refractivity (Wildman–Crippen MR) is 93.6 cm³/mol. The third-order valence-electron chi connectivity index (χ3n) is 4.71. The maximum atomic E-state index is 12.9. The number of sulfonamides is 1. The summed E-state index contributed by atoms with van der Waals surface area (Å²) >= 11 is 0. The van der Waals surface area contributed by atoms with Crippen LogP contribution < -0.4 is 0 Å². The fourth-order valence-electron chi connectivity index (χ4n) is 3.26. The van der Waals surface area contributed by atoms with Crippen LogP contribution in [0.2, 0.25) is 0 Å². The van der Waals surface area contributed by atoms with Gasteiger partial charge >= 0.3 is 0 Å². The summed E-state index contributed by atoms with van der Waals surface area (Å²) in [5, 5.41) is 0. The van der Waals surface area contributed by atoms with Gasteiger partial charge in [0.1, 0.15) is 0 Å². The van der Waals surface area contributed by atoms with Gasteiger partial charge in [-0.25, -0.2) is 8.42 Å². The summed E-state index contributed by atoms with van der Waals surface area (Å²) in [6, 6.07) is 16.2. The third-order valence-corrected chi connectivity index (χ3v) is 6.55. The van der Waals surface area contributed by atoms with Crippen LogP contribution in [-0.2, 0) is 10.0 Å². The van der Waals surface area contributed by atoms with Gasteiger partial charge in [-0.15, -0.1) is 0 Å². The molecule has 24 heavy (non-hydrogen) atoms. The van der Waals surface area contributed by atoms with E-state index in [9.17, 15) is 13.2 Å². The summed E-state index contributed by atoms with van der Waals surface area (Å²) in [5.74, 6) is 0.397. The number of nitrogens with zero attached hydrogens (tertiary/aromatic N) is 1. The molecule has 126 valence electrons. The van der Waals surface area contributed by atoms with Crippen molar-refractivity contribution in [1.82, 2.24) is 4.31 Å². The van der Waals surface area contributed by atoms with E-state index in [1.165, 1.54) is 24.6 Å². The largest absolute Gasteiger partial charge is 0.295 e. The van der Waals surface area contributed by atoms with E-state index < -0.39 is 10.0 Å². The molecule has 0 amide bonds. The Labute approximate surface area is 143 Å². The van der Waals surface area contributed by atoms with Crippen molar-refractivity contribution in [3.8, 4) is 0 Å². The van der Waals surface area contributed by atoms with Gasteiger partial charge in [-0.2, -0.15) is 4.31 Å². The van der Waals surface area contributed by atoms with Crippen LogP contribution in [0, 0.1) is 5.92 Å². The molecule has 0 bridgehead atoms. The Morgan fingerprint density at radius 1 is 1.00 bits per heavy atom. The van der Waals surface area contributed by atoms with Crippen molar-refractivity contribution < 1.29 is 13.2 Å². The molecule has 0 aliphatic carbocycles. The highest BCUT2D eigenvalue weighted by Crippen LogP contribution is 2.35. The lowest BCUT2D eigenvalue weighted by Crippen LogP contribution is -2.29. The second-order valence-electron chi connectivity index (χ2n) is 6.40. The minimum Gasteiger partial charge on any atom is -0.295 e. The van der Waals surface area contributed by atoms with E-state index in [0.29, 0.717) is 18.7 Å². The number of hydrogen-bond donors (Lipinski definition) is 0. The summed E-state index contributed by atoms with van der Waals surface area (Å²) < 4.78 is 27.3. The molecule has 0 saturated carbocycles. The molecule has 0 N–H and O–H groups in total. The van der Waals surface area contributed by atoms with Crippen LogP contribution in [0.15, 0.2) is 59.5 Å². The second-order valence-corrected chi connectivity index (χ2v) is 8.33. The van der Waals surface area contributed by atoms with Crippen LogP contribution in [0.1, 0.15) is 35.7 Å². The minimum absolute atomic E-state index is 0.0714. The van der Waals surface area contributed by atoms with E-state index in [1.54, 1.807) is 16.4 Å². The number of carbonyl (C=O) groups excluding carboxylic acids is 1. The van der Waals surface area contributed by atoms with Crippen molar-refractivity contribution in [2.75, 3.05) is 13.1 Å². The van der Waals surface area contributed by atoms with Crippen molar-refractivity contribution >= 4 is 15.8 Å². The van der Waals surface area contributed by atoms with Crippen LogP contribution in [0.4, 0.5) is 0 Å². The van der Waals surface area contributed by atoms with Crippen LogP contribution in [-0.4, -0.2) is 31.6 Å². The fraction of sp³-hybridized carbons (Fsp3) is 0.316. The van der Waals surface area contributed by atoms with Crippen LogP contribution in [0.25, 0.3) is 0 Å². The summed E-state index contributed by atoms with van der Waals surface area (Å²) in [7, 11) is -3.53. The van der Waals surface area contributed by atoms with E-state index in [1.807, 2.05) is 18.2 Å². The van der Waals surface area contributed by atoms with E-state index in [4.69, 9.17) is 0 Å². The lowest BCUT2D eigenvalue weighted by molar-refractivity contribution is 0.101. The highest BCUT2D eigenvalue weighted by Gasteiger charge is 2.37. The van der Waals surface area contributed by atoms with Gasteiger partial charge in [0.05, 0.1) is 4.90 Å². The molecule has 1 heterocycles. The first kappa shape index (κ1) is 16.9. The van der Waals surface area contributed by atoms with Crippen LogP contribution >= 0.6 is 0 Å². The van der Waals surface area contributed by atoms with Crippen molar-refractivity contribution in [2.45, 2.75) is 24.7 Å². The van der Waals surface area contributed by atoms with E-state index in [0.717, 1.165) is 0 Å². The molecule has 1 saturated heterocycles. The molecule has 3 rings (SSSR count). The Balaban J connectivity index is 1.84. The molecule has 4 nitrogen and oxygen atoms in total. The maximum absolute atomic E-state index is 12.9. The summed E-state index contributed by atoms with van der Waals surface area (Å²) in [6.45, 7) is 4.56. The molecule has 5 heteroatoms. The summed E-state index contributed by atoms with van der Waals surface area (Å²) in [4.78, 5) is 11.6. The van der Waals surface area contributed by atoms with Crippen LogP contribution in [0.5, 0.6) is 0 Å². The second kappa shape index (κ2) is 6.49. The first-order valence-corrected chi connectivity index (χ1v) is 9.49. The van der Waals surface area contributed by atoms with E-state index in [2.05, 4.69) is 19.1 Å². The van der Waals surface area contributed by atoms with Crippen molar-refractivity contribution in [1.29, 1.82) is 0 Å². The third kappa shape index (κ3) is 3.14. The Hall–Kier alpha value is -1.98. The average molecular weight is 343 g/mol. The van der Waals surface area contributed by atoms with Crippen LogP contribution in [0.3, 0.4) is 0 Å². The lowest BCUT2D eigenvalue weighted by Gasteiger charge is -2.17. The minimum atomic E-state index is -3.53. The van der Waals surface area contributed by atoms with Gasteiger partial charge < -0.3 is 0 Å². The molecule has 0 spiro atoms. The molecule has 1 fully saturated rings. The number of rotatable bonds is 4. The summed E-state index contributed by atoms with van der Waals surface area (Å²) in [5.41, 5.74) is 1.69. The number of carbonyl (C=O) groups is 1. The molecule has 1 aliphatic heterocycles. The summed E-state index contributed by atoms with van der Waals surface area (Å²) in [6.07, 6.45) is 0. The monoisotopic (exact) mass is 343 g/mol. The number of benzene rings is 2. The zero-order valence-electron chi connectivity index (χ0n) is 13.8. The van der Waals surface area contributed by atoms with Gasteiger partial charge in [-0.05, 0) is 30.5 Å². The van der Waals surface area contributed by atoms with Gasteiger partial charge in [0.2, 0.25) is 10.0 Å². The first-order chi connectivity index (χ1) is 11.4. The Kier molecular flexibility index (Phi) is 4.56. The van der Waals surface area contributed by atoms with Gasteiger partial charge in [-0.1, -0.05) is 49.4 Å². The molecule has 1 aliphatic rings. The first-order valence-electron chi connectivity index (χ1n) is 8.05. The van der Waals surface area contributed by atoms with Crippen molar-refractivity contribution in [2.24, 2.45) is 5.92 Å². The molecular formula is C19H21NO3S. The molecular weight excluding hydrogens is 322 g/mol. The zero-order valence-corrected chi connectivity index (χ0v) is 14.7. The smallest absolute Gasteiger partial charge is 0.243 e. The predicted octanol–water partition coefficient (Wildman–Crippen LogP) is 3.31. The topological polar surface area (TPSA) is 54.5 Å². The van der Waals surface area contributed by atoms with Crippen molar-refractivity contribution in [3.63, 3.8) is 0 Å². The molecule has 2 unspecified atom stereocenters.